The summed E-state index contributed by atoms with van der Waals surface area (Å²) in [5.74, 6) is 4.10. The van der Waals surface area contributed by atoms with Crippen LogP contribution in [-0.2, 0) is 0 Å². The van der Waals surface area contributed by atoms with Crippen molar-refractivity contribution < 1.29 is 9.47 Å². The van der Waals surface area contributed by atoms with E-state index in [4.69, 9.17) is 9.47 Å². The Labute approximate surface area is 134 Å². The van der Waals surface area contributed by atoms with Crippen LogP contribution in [0, 0.1) is 5.92 Å². The largest absolute Gasteiger partial charge is 0.490 e. The number of thiol groups is 1. The van der Waals surface area contributed by atoms with Crippen LogP contribution in [0.4, 0.5) is 0 Å². The van der Waals surface area contributed by atoms with Crippen LogP contribution in [0.5, 0.6) is 11.5 Å². The second-order valence-corrected chi connectivity index (χ2v) is 6.25. The summed E-state index contributed by atoms with van der Waals surface area (Å²) in [7, 11) is 0. The fraction of sp³-hybridized carbons (Fsp3) is 0.667. The predicted octanol–water partition coefficient (Wildman–Crippen LogP) is 5.08. The summed E-state index contributed by atoms with van der Waals surface area (Å²) >= 11 is 4.52. The van der Waals surface area contributed by atoms with Crippen molar-refractivity contribution in [3.05, 3.63) is 23.8 Å². The van der Waals surface area contributed by atoms with Crippen molar-refractivity contribution in [1.82, 2.24) is 0 Å². The Balaban J connectivity index is 2.18. The van der Waals surface area contributed by atoms with Gasteiger partial charge < -0.3 is 9.47 Å². The summed E-state index contributed by atoms with van der Waals surface area (Å²) in [5, 5.41) is 0. The van der Waals surface area contributed by atoms with Gasteiger partial charge in [-0.25, -0.2) is 0 Å². The standard InChI is InChI=1S/C18H28O2S/c1-3-10-19-17-9-8-14(12-18(17)20-11-4-2)16-7-5-6-15(16)13-21/h8-9,12,15-16,21H,3-7,10-11,13H2,1-2H3. The second kappa shape index (κ2) is 8.57. The van der Waals surface area contributed by atoms with E-state index in [-0.39, 0.29) is 0 Å². The van der Waals surface area contributed by atoms with E-state index in [1.165, 1.54) is 24.8 Å². The lowest BCUT2D eigenvalue weighted by Crippen LogP contribution is -2.09. The molecule has 0 bridgehead atoms. The van der Waals surface area contributed by atoms with E-state index in [0.717, 1.165) is 43.3 Å². The fourth-order valence-electron chi connectivity index (χ4n) is 3.11. The zero-order valence-electron chi connectivity index (χ0n) is 13.3. The molecule has 0 saturated heterocycles. The van der Waals surface area contributed by atoms with E-state index in [9.17, 15) is 0 Å². The van der Waals surface area contributed by atoms with Crippen molar-refractivity contribution in [2.75, 3.05) is 19.0 Å². The molecule has 2 rings (SSSR count). The van der Waals surface area contributed by atoms with E-state index in [2.05, 4.69) is 44.7 Å². The first-order valence-corrected chi connectivity index (χ1v) is 8.93. The molecule has 0 aromatic heterocycles. The van der Waals surface area contributed by atoms with E-state index < -0.39 is 0 Å². The Kier molecular flexibility index (Phi) is 6.75. The highest BCUT2D eigenvalue weighted by molar-refractivity contribution is 7.80. The topological polar surface area (TPSA) is 18.5 Å². The van der Waals surface area contributed by atoms with Gasteiger partial charge in [-0.05, 0) is 61.0 Å². The van der Waals surface area contributed by atoms with Gasteiger partial charge >= 0.3 is 0 Å². The Morgan fingerprint density at radius 1 is 1.05 bits per heavy atom. The van der Waals surface area contributed by atoms with Crippen LogP contribution < -0.4 is 9.47 Å². The van der Waals surface area contributed by atoms with Crippen LogP contribution in [0.15, 0.2) is 18.2 Å². The SMILES string of the molecule is CCCOc1ccc(C2CCCC2CS)cc1OCCC. The van der Waals surface area contributed by atoms with Crippen LogP contribution in [0.3, 0.4) is 0 Å². The molecule has 1 aromatic rings. The van der Waals surface area contributed by atoms with Crippen LogP contribution in [0.25, 0.3) is 0 Å². The first-order valence-electron chi connectivity index (χ1n) is 8.30. The van der Waals surface area contributed by atoms with E-state index in [1.54, 1.807) is 0 Å². The molecule has 0 N–H and O–H groups in total. The third-order valence-electron chi connectivity index (χ3n) is 4.21. The minimum atomic E-state index is 0.631. The average molecular weight is 308 g/mol. The minimum Gasteiger partial charge on any atom is -0.490 e. The summed E-state index contributed by atoms with van der Waals surface area (Å²) in [5.41, 5.74) is 1.39. The lowest BCUT2D eigenvalue weighted by Gasteiger charge is -2.20. The molecule has 0 radical (unpaired) electrons. The second-order valence-electron chi connectivity index (χ2n) is 5.88. The van der Waals surface area contributed by atoms with Crippen molar-refractivity contribution in [3.8, 4) is 11.5 Å². The Morgan fingerprint density at radius 2 is 1.76 bits per heavy atom. The number of benzene rings is 1. The molecule has 0 spiro atoms. The first kappa shape index (κ1) is 16.5. The highest BCUT2D eigenvalue weighted by atomic mass is 32.1. The van der Waals surface area contributed by atoms with Crippen molar-refractivity contribution >= 4 is 12.6 Å². The smallest absolute Gasteiger partial charge is 0.161 e. The number of ether oxygens (including phenoxy) is 2. The Bertz CT molecular complexity index is 433. The van der Waals surface area contributed by atoms with Crippen molar-refractivity contribution in [1.29, 1.82) is 0 Å². The maximum Gasteiger partial charge on any atom is 0.161 e. The molecule has 1 aliphatic carbocycles. The molecule has 118 valence electrons. The molecule has 2 unspecified atom stereocenters. The summed E-state index contributed by atoms with van der Waals surface area (Å²) in [6.45, 7) is 5.73. The van der Waals surface area contributed by atoms with Crippen molar-refractivity contribution in [2.24, 2.45) is 5.92 Å². The quantitative estimate of drug-likeness (QED) is 0.675. The number of hydrogen-bond acceptors (Lipinski definition) is 3. The fourth-order valence-corrected chi connectivity index (χ4v) is 3.54. The molecular formula is C18H28O2S. The maximum atomic E-state index is 5.91. The lowest BCUT2D eigenvalue weighted by atomic mass is 9.90. The normalized spacial score (nSPS) is 21.5. The van der Waals surface area contributed by atoms with Gasteiger partial charge in [-0.3, -0.25) is 0 Å². The number of hydrogen-bond donors (Lipinski definition) is 1. The molecule has 2 atom stereocenters. The third-order valence-corrected chi connectivity index (χ3v) is 4.68. The zero-order valence-corrected chi connectivity index (χ0v) is 14.2. The van der Waals surface area contributed by atoms with Crippen LogP contribution in [0.1, 0.15) is 57.4 Å². The van der Waals surface area contributed by atoms with E-state index >= 15 is 0 Å². The molecule has 1 fully saturated rings. The minimum absolute atomic E-state index is 0.631. The molecule has 3 heteroatoms. The van der Waals surface area contributed by atoms with Gasteiger partial charge in [0.25, 0.3) is 0 Å². The molecule has 21 heavy (non-hydrogen) atoms. The molecule has 1 aromatic carbocycles. The average Bonchev–Trinajstić information content (AvgIpc) is 2.99. The van der Waals surface area contributed by atoms with Crippen molar-refractivity contribution in [2.45, 2.75) is 51.9 Å². The Hall–Kier alpha value is -0.830. The van der Waals surface area contributed by atoms with Gasteiger partial charge in [0.2, 0.25) is 0 Å². The molecule has 2 nitrogen and oxygen atoms in total. The zero-order chi connectivity index (χ0) is 15.1. The van der Waals surface area contributed by atoms with Crippen LogP contribution in [-0.4, -0.2) is 19.0 Å². The van der Waals surface area contributed by atoms with Crippen LogP contribution >= 0.6 is 12.6 Å². The third kappa shape index (κ3) is 4.32. The van der Waals surface area contributed by atoms with Gasteiger partial charge in [-0.15, -0.1) is 0 Å². The monoisotopic (exact) mass is 308 g/mol. The molecule has 0 amide bonds. The summed E-state index contributed by atoms with van der Waals surface area (Å²) in [4.78, 5) is 0. The lowest BCUT2D eigenvalue weighted by molar-refractivity contribution is 0.268. The first-order chi connectivity index (χ1) is 10.3. The molecule has 0 heterocycles. The summed E-state index contributed by atoms with van der Waals surface area (Å²) < 4.78 is 11.7. The van der Waals surface area contributed by atoms with Gasteiger partial charge in [0, 0.05) is 0 Å². The highest BCUT2D eigenvalue weighted by Gasteiger charge is 2.28. The summed E-state index contributed by atoms with van der Waals surface area (Å²) in [6.07, 6.45) is 5.91. The maximum absolute atomic E-state index is 5.91. The van der Waals surface area contributed by atoms with Crippen molar-refractivity contribution in [3.63, 3.8) is 0 Å². The van der Waals surface area contributed by atoms with Gasteiger partial charge in [0.15, 0.2) is 11.5 Å². The molecular weight excluding hydrogens is 280 g/mol. The van der Waals surface area contributed by atoms with Gasteiger partial charge in [-0.2, -0.15) is 12.6 Å². The highest BCUT2D eigenvalue weighted by Crippen LogP contribution is 2.42. The molecule has 1 saturated carbocycles. The van der Waals surface area contributed by atoms with Gasteiger partial charge in [0.1, 0.15) is 0 Å². The molecule has 0 aliphatic heterocycles. The summed E-state index contributed by atoms with van der Waals surface area (Å²) in [6, 6.07) is 6.51. The van der Waals surface area contributed by atoms with Gasteiger partial charge in [-0.1, -0.05) is 26.3 Å². The van der Waals surface area contributed by atoms with Gasteiger partial charge in [0.05, 0.1) is 13.2 Å². The molecule has 1 aliphatic rings. The van der Waals surface area contributed by atoms with Crippen LogP contribution in [0.2, 0.25) is 0 Å². The number of rotatable bonds is 8. The predicted molar refractivity (Wildman–Crippen MR) is 91.9 cm³/mol. The Morgan fingerprint density at radius 3 is 2.43 bits per heavy atom. The van der Waals surface area contributed by atoms with E-state index in [0.29, 0.717) is 11.8 Å². The van der Waals surface area contributed by atoms with E-state index in [1.807, 2.05) is 0 Å².